The van der Waals surface area contributed by atoms with Crippen molar-refractivity contribution in [1.82, 2.24) is 0 Å². The summed E-state index contributed by atoms with van der Waals surface area (Å²) in [5, 5.41) is 54.2. The van der Waals surface area contributed by atoms with E-state index in [1.54, 1.807) is 6.07 Å². The van der Waals surface area contributed by atoms with Crippen LogP contribution in [0, 0.1) is 80.3 Å². The van der Waals surface area contributed by atoms with Crippen molar-refractivity contribution in [2.24, 2.45) is 11.3 Å². The second-order valence-corrected chi connectivity index (χ2v) is 22.1. The smallest absolute Gasteiger partial charge is 0.0998 e. The van der Waals surface area contributed by atoms with Crippen LogP contribution in [-0.4, -0.2) is 0 Å². The molecule has 2 aliphatic carbocycles. The van der Waals surface area contributed by atoms with E-state index >= 15 is 0 Å². The van der Waals surface area contributed by atoms with Crippen LogP contribution in [0.25, 0.3) is 46.6 Å². The van der Waals surface area contributed by atoms with Gasteiger partial charge in [-0.05, 0) is 191 Å². The number of hydrogen-bond acceptors (Lipinski definition) is 5. The zero-order chi connectivity index (χ0) is 49.9. The highest BCUT2D eigenvalue weighted by Crippen LogP contribution is 2.41. The quantitative estimate of drug-likeness (QED) is 0.163. The third-order valence-corrected chi connectivity index (χ3v) is 12.6. The van der Waals surface area contributed by atoms with Gasteiger partial charge in [-0.15, -0.1) is 6.42 Å². The molecule has 0 radical (unpaired) electrons. The lowest BCUT2D eigenvalue weighted by Crippen LogP contribution is -2.21. The molecule has 5 nitrogen and oxygen atoms in total. The van der Waals surface area contributed by atoms with Gasteiger partial charge in [-0.2, -0.15) is 26.3 Å². The molecule has 4 aromatic rings. The van der Waals surface area contributed by atoms with Gasteiger partial charge in [0.1, 0.15) is 0 Å². The molecule has 336 valence electrons. The van der Waals surface area contributed by atoms with Gasteiger partial charge in [-0.1, -0.05) is 119 Å². The Hall–Kier alpha value is -7.93. The summed E-state index contributed by atoms with van der Waals surface area (Å²) in [6.45, 7) is 25.6. The second-order valence-electron chi connectivity index (χ2n) is 22.1. The third-order valence-electron chi connectivity index (χ3n) is 12.6. The lowest BCUT2D eigenvalue weighted by atomic mass is 9.72. The number of rotatable bonds is 0. The predicted molar refractivity (Wildman–Crippen MR) is 281 cm³/mol. The summed E-state index contributed by atoms with van der Waals surface area (Å²) >= 11 is 0. The van der Waals surface area contributed by atoms with Crippen LogP contribution < -0.4 is 0 Å². The molecule has 0 saturated carbocycles. The molecule has 5 heteroatoms. The first-order valence-electron chi connectivity index (χ1n) is 23.0. The molecule has 0 N–H and O–H groups in total. The van der Waals surface area contributed by atoms with Crippen LogP contribution in [0.5, 0.6) is 0 Å². The topological polar surface area (TPSA) is 119 Å². The van der Waals surface area contributed by atoms with Crippen LogP contribution in [-0.2, 0) is 16.2 Å². The SMILES string of the molecule is C#Cc1cc2cc(c1)/C(C#N)=C/c1cc(cc(C(C)(C)C)c1)/C(C#N)=C/c1cc(cc(C(C)(C)C)c1)/C(C#N)=C/c1cc(cc(C(C)(C)C)c1)/C(C#N)=C/C1=CC(C(C)(C)C)CC(=C1)/C(C#N)=C/2. The molecule has 10 bridgehead atoms. The van der Waals surface area contributed by atoms with Crippen molar-refractivity contribution in [3.63, 3.8) is 0 Å². The largest absolute Gasteiger partial charge is 0.192 e. The van der Waals surface area contributed by atoms with Crippen LogP contribution >= 0.6 is 0 Å². The Bertz CT molecular complexity index is 3220. The van der Waals surface area contributed by atoms with Gasteiger partial charge in [0.25, 0.3) is 0 Å². The molecule has 0 aromatic heterocycles. The van der Waals surface area contributed by atoms with Gasteiger partial charge in [0.2, 0.25) is 0 Å². The minimum absolute atomic E-state index is 0.0324. The van der Waals surface area contributed by atoms with Crippen molar-refractivity contribution >= 4 is 46.6 Å². The van der Waals surface area contributed by atoms with Gasteiger partial charge < -0.3 is 0 Å². The molecule has 0 aliphatic heterocycles. The fourth-order valence-corrected chi connectivity index (χ4v) is 8.37. The molecule has 2 aliphatic rings. The van der Waals surface area contributed by atoms with Crippen LogP contribution in [0.15, 0.2) is 108 Å². The molecular formula is C63H59N5. The maximum Gasteiger partial charge on any atom is 0.0998 e. The summed E-state index contributed by atoms with van der Waals surface area (Å²) in [7, 11) is 0. The molecule has 1 atom stereocenters. The van der Waals surface area contributed by atoms with Gasteiger partial charge in [-0.3, -0.25) is 0 Å². The van der Waals surface area contributed by atoms with Gasteiger partial charge in [-0.25, -0.2) is 0 Å². The Morgan fingerprint density at radius 1 is 0.412 bits per heavy atom. The summed E-state index contributed by atoms with van der Waals surface area (Å²) in [6, 6.07) is 36.0. The zero-order valence-corrected chi connectivity index (χ0v) is 41.6. The van der Waals surface area contributed by atoms with E-state index in [2.05, 4.69) is 138 Å². The van der Waals surface area contributed by atoms with Crippen LogP contribution in [0.3, 0.4) is 0 Å². The molecule has 0 saturated heterocycles. The molecule has 0 heterocycles. The molecule has 6 rings (SSSR count). The van der Waals surface area contributed by atoms with Crippen molar-refractivity contribution < 1.29 is 0 Å². The van der Waals surface area contributed by atoms with E-state index in [-0.39, 0.29) is 27.6 Å². The minimum Gasteiger partial charge on any atom is -0.192 e. The molecule has 0 fully saturated rings. The summed E-state index contributed by atoms with van der Waals surface area (Å²) in [6.07, 6.45) is 20.1. The highest BCUT2D eigenvalue weighted by atomic mass is 14.4. The fraction of sp³-hybridized carbons (Fsp3) is 0.286. The van der Waals surface area contributed by atoms with Crippen molar-refractivity contribution in [1.29, 1.82) is 26.3 Å². The van der Waals surface area contributed by atoms with Crippen molar-refractivity contribution in [3.8, 4) is 42.7 Å². The van der Waals surface area contributed by atoms with E-state index in [1.807, 2.05) is 91.1 Å². The number of terminal acetylenes is 1. The first-order chi connectivity index (χ1) is 31.8. The maximum atomic E-state index is 10.9. The highest BCUT2D eigenvalue weighted by Gasteiger charge is 2.28. The van der Waals surface area contributed by atoms with Crippen molar-refractivity contribution in [2.75, 3.05) is 0 Å². The van der Waals surface area contributed by atoms with Crippen molar-refractivity contribution in [3.05, 3.63) is 175 Å². The Kier molecular flexibility index (Phi) is 13.9. The summed E-state index contributed by atoms with van der Waals surface area (Å²) < 4.78 is 0. The molecule has 4 aromatic carbocycles. The van der Waals surface area contributed by atoms with E-state index < -0.39 is 0 Å². The first-order valence-corrected chi connectivity index (χ1v) is 23.0. The molecule has 0 amide bonds. The van der Waals surface area contributed by atoms with Gasteiger partial charge in [0.15, 0.2) is 0 Å². The average molecular weight is 886 g/mol. The summed E-state index contributed by atoms with van der Waals surface area (Å²) in [5.41, 5.74) is 11.8. The lowest BCUT2D eigenvalue weighted by Gasteiger charge is -2.32. The molecule has 0 spiro atoms. The maximum absolute atomic E-state index is 10.9. The van der Waals surface area contributed by atoms with E-state index in [0.29, 0.717) is 67.7 Å². The Labute approximate surface area is 405 Å². The number of fused-ring (bicyclic) bond motifs is 9. The lowest BCUT2D eigenvalue weighted by molar-refractivity contribution is 0.289. The molecule has 68 heavy (non-hydrogen) atoms. The third kappa shape index (κ3) is 11.5. The number of benzene rings is 4. The van der Waals surface area contributed by atoms with E-state index in [9.17, 15) is 26.3 Å². The normalized spacial score (nSPS) is 19.5. The fourth-order valence-electron chi connectivity index (χ4n) is 8.37. The van der Waals surface area contributed by atoms with E-state index in [4.69, 9.17) is 6.42 Å². The van der Waals surface area contributed by atoms with Crippen LogP contribution in [0.2, 0.25) is 0 Å². The van der Waals surface area contributed by atoms with Crippen molar-refractivity contribution in [2.45, 2.75) is 106 Å². The summed E-state index contributed by atoms with van der Waals surface area (Å²) in [5.74, 6) is 2.78. The standard InChI is InChI=1S/C63H59N5/c1-14-40-15-41-17-46(16-40)51(35-64)23-42-18-48(32-56(27-42)60(2,3)4)53(37-66)25-44-20-50(34-58(29-44)62(8,9)10)55(39-68)26-45-21-49(33-59(30-45)63(11,12)13)54(38-67)24-43-19-47(52(22-41)36-65)31-57(28-43)61(5,6)7/h1,15-30,32-34,57H,31H2,2-13H3/b51-23+,52-22+,53-25+,54-24+,55-26+. The Morgan fingerprint density at radius 2 is 0.750 bits per heavy atom. The number of hydrogen-bond donors (Lipinski definition) is 0. The number of allylic oxidation sites excluding steroid dienone is 10. The molecule has 1 unspecified atom stereocenters. The predicted octanol–water partition coefficient (Wildman–Crippen LogP) is 15.5. The number of nitriles is 5. The van der Waals surface area contributed by atoms with Gasteiger partial charge in [0.05, 0.1) is 58.2 Å². The highest BCUT2D eigenvalue weighted by molar-refractivity contribution is 5.96. The van der Waals surface area contributed by atoms with Gasteiger partial charge in [0, 0.05) is 5.56 Å². The summed E-state index contributed by atoms with van der Waals surface area (Å²) in [4.78, 5) is 0. The Balaban J connectivity index is 1.76. The first kappa shape index (κ1) is 49.5. The monoisotopic (exact) mass is 885 g/mol. The van der Waals surface area contributed by atoms with E-state index in [1.165, 1.54) is 0 Å². The minimum atomic E-state index is -0.309. The average Bonchev–Trinajstić information content (AvgIpc) is 3.28. The van der Waals surface area contributed by atoms with Gasteiger partial charge >= 0.3 is 0 Å². The van der Waals surface area contributed by atoms with Crippen LogP contribution in [0.4, 0.5) is 0 Å². The number of nitrogens with zero attached hydrogens (tertiary/aromatic N) is 5. The second kappa shape index (κ2) is 19.1. The van der Waals surface area contributed by atoms with Crippen LogP contribution in [0.1, 0.15) is 156 Å². The zero-order valence-electron chi connectivity index (χ0n) is 41.6. The Morgan fingerprint density at radius 3 is 1.09 bits per heavy atom. The molecular weight excluding hydrogens is 827 g/mol. The van der Waals surface area contributed by atoms with E-state index in [0.717, 1.165) is 44.5 Å².